The summed E-state index contributed by atoms with van der Waals surface area (Å²) in [6.45, 7) is 4.66. The third-order valence-electron chi connectivity index (χ3n) is 8.07. The van der Waals surface area contributed by atoms with E-state index >= 15 is 0 Å². The van der Waals surface area contributed by atoms with Crippen LogP contribution in [0.15, 0.2) is 108 Å². The van der Waals surface area contributed by atoms with Gasteiger partial charge in [-0.2, -0.15) is 0 Å². The van der Waals surface area contributed by atoms with Crippen molar-refractivity contribution in [3.63, 3.8) is 0 Å². The van der Waals surface area contributed by atoms with E-state index in [9.17, 15) is 28.1 Å². The summed E-state index contributed by atoms with van der Waals surface area (Å²) in [4.78, 5) is 40.6. The molecule has 1 N–H and O–H groups in total. The highest BCUT2D eigenvalue weighted by Gasteiger charge is 2.35. The molecular weight excluding hydrogens is 632 g/mol. The van der Waals surface area contributed by atoms with Crippen LogP contribution in [0.5, 0.6) is 5.75 Å². The van der Waals surface area contributed by atoms with Crippen molar-refractivity contribution in [1.29, 1.82) is 0 Å². The van der Waals surface area contributed by atoms with Gasteiger partial charge in [0.2, 0.25) is 11.8 Å². The Hall–Kier alpha value is -5.23. The average molecular weight is 673 g/mol. The van der Waals surface area contributed by atoms with Gasteiger partial charge in [0.15, 0.2) is 0 Å². The van der Waals surface area contributed by atoms with Gasteiger partial charge in [0.05, 0.1) is 22.6 Å². The second-order valence-electron chi connectivity index (χ2n) is 11.4. The molecule has 0 aliphatic rings. The number of hydrogen-bond donors (Lipinski definition) is 1. The molecule has 48 heavy (non-hydrogen) atoms. The van der Waals surface area contributed by atoms with Crippen molar-refractivity contribution >= 4 is 33.2 Å². The molecule has 0 spiro atoms. The molecule has 4 aromatic rings. The van der Waals surface area contributed by atoms with Crippen LogP contribution in [0.4, 0.5) is 11.4 Å². The molecule has 0 radical (unpaired) electrons. The second kappa shape index (κ2) is 16.1. The summed E-state index contributed by atoms with van der Waals surface area (Å²) < 4.78 is 34.7. The Labute approximate surface area is 281 Å². The van der Waals surface area contributed by atoms with Crippen molar-refractivity contribution in [2.45, 2.75) is 57.1 Å². The molecule has 11 nitrogen and oxygen atoms in total. The molecule has 252 valence electrons. The highest BCUT2D eigenvalue weighted by molar-refractivity contribution is 7.92. The van der Waals surface area contributed by atoms with Gasteiger partial charge in [-0.15, -0.1) is 0 Å². The maximum absolute atomic E-state index is 14.6. The molecule has 0 aromatic heterocycles. The minimum absolute atomic E-state index is 0.0254. The zero-order valence-corrected chi connectivity index (χ0v) is 28.2. The fraction of sp³-hybridized carbons (Fsp3) is 0.278. The molecule has 0 saturated heterocycles. The molecule has 2 atom stereocenters. The van der Waals surface area contributed by atoms with Gasteiger partial charge >= 0.3 is 0 Å². The first kappa shape index (κ1) is 35.6. The fourth-order valence-electron chi connectivity index (χ4n) is 5.13. The van der Waals surface area contributed by atoms with E-state index in [4.69, 9.17) is 4.74 Å². The number of ether oxygens (including phenoxy) is 1. The number of anilines is 1. The van der Waals surface area contributed by atoms with Gasteiger partial charge in [-0.05, 0) is 61.7 Å². The van der Waals surface area contributed by atoms with E-state index in [1.807, 2.05) is 74.5 Å². The Bertz CT molecular complexity index is 1820. The lowest BCUT2D eigenvalue weighted by Crippen LogP contribution is -2.54. The summed E-state index contributed by atoms with van der Waals surface area (Å²) in [5.74, 6) is -0.547. The number of benzene rings is 4. The van der Waals surface area contributed by atoms with Crippen LogP contribution in [0.25, 0.3) is 0 Å². The van der Waals surface area contributed by atoms with Gasteiger partial charge in [-0.3, -0.25) is 24.0 Å². The van der Waals surface area contributed by atoms with Crippen LogP contribution in [0.3, 0.4) is 0 Å². The summed E-state index contributed by atoms with van der Waals surface area (Å²) in [6, 6.07) is 27.0. The third kappa shape index (κ3) is 8.77. The Morgan fingerprint density at radius 1 is 0.917 bits per heavy atom. The topological polar surface area (TPSA) is 139 Å². The molecule has 0 saturated carbocycles. The fourth-order valence-corrected chi connectivity index (χ4v) is 6.56. The maximum atomic E-state index is 14.6. The van der Waals surface area contributed by atoms with E-state index in [2.05, 4.69) is 5.32 Å². The smallest absolute Gasteiger partial charge is 0.273 e. The van der Waals surface area contributed by atoms with E-state index in [0.29, 0.717) is 12.2 Å². The molecule has 4 aromatic carbocycles. The Kier molecular flexibility index (Phi) is 11.9. The van der Waals surface area contributed by atoms with Crippen molar-refractivity contribution in [1.82, 2.24) is 10.2 Å². The summed E-state index contributed by atoms with van der Waals surface area (Å²) in [7, 11) is -3.07. The highest BCUT2D eigenvalue weighted by atomic mass is 32.2. The van der Waals surface area contributed by atoms with Crippen LogP contribution in [0, 0.1) is 17.0 Å². The molecule has 0 bridgehead atoms. The number of nitrogens with one attached hydrogen (secondary N) is 1. The number of carbonyl (C=O) groups excluding carboxylic acids is 2. The van der Waals surface area contributed by atoms with Crippen LogP contribution in [-0.4, -0.2) is 55.8 Å². The average Bonchev–Trinajstić information content (AvgIpc) is 3.09. The van der Waals surface area contributed by atoms with Crippen molar-refractivity contribution in [2.24, 2.45) is 0 Å². The Morgan fingerprint density at radius 3 is 2.08 bits per heavy atom. The molecule has 12 heteroatoms. The monoisotopic (exact) mass is 672 g/mol. The van der Waals surface area contributed by atoms with Crippen LogP contribution >= 0.6 is 0 Å². The third-order valence-corrected chi connectivity index (χ3v) is 9.84. The first-order chi connectivity index (χ1) is 22.9. The lowest BCUT2D eigenvalue weighted by atomic mass is 10.0. The summed E-state index contributed by atoms with van der Waals surface area (Å²) >= 11 is 0. The Balaban J connectivity index is 1.83. The second-order valence-corrected chi connectivity index (χ2v) is 13.3. The number of nitro benzene ring substituents is 1. The van der Waals surface area contributed by atoms with Crippen LogP contribution in [-0.2, 0) is 32.6 Å². The molecule has 4 rings (SSSR count). The number of sulfonamides is 1. The first-order valence-corrected chi connectivity index (χ1v) is 17.0. The van der Waals surface area contributed by atoms with Crippen molar-refractivity contribution in [2.75, 3.05) is 18.0 Å². The number of carbonyl (C=O) groups is 2. The standard InChI is InChI=1S/C36H40N4O7S/c1-5-27(3)37-36(42)34(22-28-12-8-6-9-13-28)38(24-29-14-10-7-11-15-29)35(41)25-39(30-17-19-31(47-4)20-18-30)48(45,46)32-21-16-26(2)33(23-32)40(43)44/h6-21,23,27,34H,5,22,24-25H2,1-4H3,(H,37,42)/t27-,34-/m1/s1. The minimum atomic E-state index is -4.54. The molecular formula is C36H40N4O7S. The number of hydrogen-bond acceptors (Lipinski definition) is 7. The summed E-state index contributed by atoms with van der Waals surface area (Å²) in [5.41, 5.74) is 1.62. The van der Waals surface area contributed by atoms with Gasteiger partial charge in [-0.25, -0.2) is 8.42 Å². The van der Waals surface area contributed by atoms with Crippen LogP contribution in [0.1, 0.15) is 37.0 Å². The number of nitrogens with zero attached hydrogens (tertiary/aromatic N) is 3. The van der Waals surface area contributed by atoms with E-state index in [1.54, 1.807) is 12.1 Å². The van der Waals surface area contributed by atoms with E-state index in [1.165, 1.54) is 43.2 Å². The Morgan fingerprint density at radius 2 is 1.52 bits per heavy atom. The van der Waals surface area contributed by atoms with Gasteiger partial charge in [0.1, 0.15) is 18.3 Å². The predicted octanol–water partition coefficient (Wildman–Crippen LogP) is 5.66. The van der Waals surface area contributed by atoms with E-state index in [0.717, 1.165) is 21.5 Å². The molecule has 0 unspecified atom stereocenters. The van der Waals surface area contributed by atoms with Crippen molar-refractivity contribution in [3.8, 4) is 5.75 Å². The van der Waals surface area contributed by atoms with Gasteiger partial charge in [0, 0.05) is 30.6 Å². The van der Waals surface area contributed by atoms with Crippen LogP contribution in [0.2, 0.25) is 0 Å². The minimum Gasteiger partial charge on any atom is -0.497 e. The molecule has 0 aliphatic heterocycles. The SMILES string of the molecule is CC[C@@H](C)NC(=O)[C@@H](Cc1ccccc1)N(Cc1ccccc1)C(=O)CN(c1ccc(OC)cc1)S(=O)(=O)c1ccc(C)c([N+](=O)[O-])c1. The quantitative estimate of drug-likeness (QED) is 0.127. The first-order valence-electron chi connectivity index (χ1n) is 15.5. The van der Waals surface area contributed by atoms with E-state index in [-0.39, 0.29) is 46.7 Å². The number of rotatable bonds is 15. The van der Waals surface area contributed by atoms with E-state index < -0.39 is 33.4 Å². The van der Waals surface area contributed by atoms with Crippen molar-refractivity contribution in [3.05, 3.63) is 130 Å². The normalized spacial score (nSPS) is 12.4. The zero-order valence-electron chi connectivity index (χ0n) is 27.4. The lowest BCUT2D eigenvalue weighted by Gasteiger charge is -2.34. The van der Waals surface area contributed by atoms with Gasteiger partial charge in [0.25, 0.3) is 15.7 Å². The van der Waals surface area contributed by atoms with Crippen molar-refractivity contribution < 1.29 is 27.7 Å². The maximum Gasteiger partial charge on any atom is 0.273 e. The lowest BCUT2D eigenvalue weighted by molar-refractivity contribution is -0.385. The molecule has 0 heterocycles. The number of amides is 2. The predicted molar refractivity (Wildman–Crippen MR) is 184 cm³/mol. The highest BCUT2D eigenvalue weighted by Crippen LogP contribution is 2.30. The molecule has 0 fully saturated rings. The molecule has 2 amide bonds. The number of nitro groups is 1. The van der Waals surface area contributed by atoms with Gasteiger partial charge < -0.3 is 15.0 Å². The summed E-state index contributed by atoms with van der Waals surface area (Å²) in [6.07, 6.45) is 0.851. The summed E-state index contributed by atoms with van der Waals surface area (Å²) in [5, 5.41) is 14.7. The molecule has 0 aliphatic carbocycles. The largest absolute Gasteiger partial charge is 0.497 e. The van der Waals surface area contributed by atoms with Gasteiger partial charge in [-0.1, -0.05) is 73.7 Å². The number of methoxy groups -OCH3 is 1. The van der Waals surface area contributed by atoms with Crippen LogP contribution < -0.4 is 14.4 Å². The number of aryl methyl sites for hydroxylation is 1. The zero-order chi connectivity index (χ0) is 34.8.